The Bertz CT molecular complexity index is 910. The van der Waals surface area contributed by atoms with Gasteiger partial charge in [-0.05, 0) is 55.0 Å². The summed E-state index contributed by atoms with van der Waals surface area (Å²) in [6, 6.07) is 5.83. The highest BCUT2D eigenvalue weighted by Crippen LogP contribution is 2.33. The van der Waals surface area contributed by atoms with Gasteiger partial charge in [-0.3, -0.25) is 0 Å². The second-order valence-electron chi connectivity index (χ2n) is 6.26. The van der Waals surface area contributed by atoms with Crippen LogP contribution in [0, 0.1) is 0 Å². The topological polar surface area (TPSA) is 79.6 Å². The maximum Gasteiger partial charge on any atom is 0.143 e. The van der Waals surface area contributed by atoms with E-state index in [1.54, 1.807) is 12.4 Å². The van der Waals surface area contributed by atoms with Crippen LogP contribution >= 0.6 is 0 Å². The van der Waals surface area contributed by atoms with Crippen molar-refractivity contribution in [2.24, 2.45) is 0 Å². The Morgan fingerprint density at radius 3 is 2.92 bits per heavy atom. The Morgan fingerprint density at radius 1 is 1.17 bits per heavy atom. The van der Waals surface area contributed by atoms with Gasteiger partial charge in [0.05, 0.1) is 5.39 Å². The molecule has 0 spiro atoms. The molecule has 0 radical (unpaired) electrons. The van der Waals surface area contributed by atoms with Crippen LogP contribution in [0.4, 0.5) is 17.2 Å². The number of rotatable bonds is 3. The summed E-state index contributed by atoms with van der Waals surface area (Å²) in [5, 5.41) is 4.55. The molecule has 0 saturated carbocycles. The average Bonchev–Trinajstić information content (AvgIpc) is 2.79. The van der Waals surface area contributed by atoms with Gasteiger partial charge in [0.1, 0.15) is 17.8 Å². The van der Waals surface area contributed by atoms with Crippen molar-refractivity contribution in [3.05, 3.63) is 47.9 Å². The molecular formula is C19H21N5. The number of anilines is 3. The molecule has 5 heteroatoms. The van der Waals surface area contributed by atoms with E-state index < -0.39 is 0 Å². The van der Waals surface area contributed by atoms with Gasteiger partial charge in [-0.15, -0.1) is 0 Å². The molecule has 0 amide bonds. The van der Waals surface area contributed by atoms with E-state index in [0.29, 0.717) is 0 Å². The largest absolute Gasteiger partial charge is 0.398 e. The van der Waals surface area contributed by atoms with Gasteiger partial charge in [-0.25, -0.2) is 9.97 Å². The molecule has 0 fully saturated rings. The summed E-state index contributed by atoms with van der Waals surface area (Å²) < 4.78 is 0. The highest BCUT2D eigenvalue weighted by atomic mass is 15.0. The van der Waals surface area contributed by atoms with Crippen LogP contribution in [0.5, 0.6) is 0 Å². The number of fused-ring (bicyclic) bond motifs is 3. The predicted molar refractivity (Wildman–Crippen MR) is 99.4 cm³/mol. The molecule has 4 N–H and O–H groups in total. The minimum absolute atomic E-state index is 0.721. The van der Waals surface area contributed by atoms with E-state index in [2.05, 4.69) is 26.8 Å². The van der Waals surface area contributed by atoms with Gasteiger partial charge in [0.2, 0.25) is 0 Å². The Hall–Kier alpha value is -2.82. The molecule has 122 valence electrons. The van der Waals surface area contributed by atoms with E-state index in [4.69, 9.17) is 5.73 Å². The molecule has 1 aliphatic carbocycles. The zero-order valence-electron chi connectivity index (χ0n) is 13.6. The highest BCUT2D eigenvalue weighted by molar-refractivity contribution is 5.93. The Labute approximate surface area is 141 Å². The average molecular weight is 319 g/mol. The van der Waals surface area contributed by atoms with Gasteiger partial charge in [0.25, 0.3) is 0 Å². The molecule has 4 rings (SSSR count). The minimum atomic E-state index is 0.721. The number of H-pyrrole nitrogens is 1. The van der Waals surface area contributed by atoms with E-state index in [-0.39, 0.29) is 0 Å². The van der Waals surface area contributed by atoms with Crippen LogP contribution in [-0.2, 0) is 12.8 Å². The quantitative estimate of drug-likeness (QED) is 0.499. The molecule has 0 bridgehead atoms. The SMILES string of the molecule is C=Cc1cc(Nc2ncnc3[nH]c4c(c23)CCCCC4)ccc1N. The molecule has 1 aromatic carbocycles. The highest BCUT2D eigenvalue weighted by Gasteiger charge is 2.18. The van der Waals surface area contributed by atoms with Crippen molar-refractivity contribution < 1.29 is 0 Å². The van der Waals surface area contributed by atoms with Crippen molar-refractivity contribution in [1.29, 1.82) is 0 Å². The molecule has 0 unspecified atom stereocenters. The van der Waals surface area contributed by atoms with Gasteiger partial charge >= 0.3 is 0 Å². The van der Waals surface area contributed by atoms with Crippen LogP contribution in [0.2, 0.25) is 0 Å². The normalized spacial score (nSPS) is 14.2. The molecule has 0 saturated heterocycles. The number of aromatic amines is 1. The first-order valence-electron chi connectivity index (χ1n) is 8.39. The van der Waals surface area contributed by atoms with Crippen molar-refractivity contribution in [2.45, 2.75) is 32.1 Å². The van der Waals surface area contributed by atoms with Crippen LogP contribution in [0.1, 0.15) is 36.1 Å². The summed E-state index contributed by atoms with van der Waals surface area (Å²) in [6.45, 7) is 3.81. The van der Waals surface area contributed by atoms with Crippen LogP contribution in [0.25, 0.3) is 17.1 Å². The maximum atomic E-state index is 5.95. The minimum Gasteiger partial charge on any atom is -0.398 e. The molecule has 0 aliphatic heterocycles. The third-order valence-corrected chi connectivity index (χ3v) is 4.71. The van der Waals surface area contributed by atoms with E-state index >= 15 is 0 Å². The number of hydrogen-bond acceptors (Lipinski definition) is 4. The Kier molecular flexibility index (Phi) is 3.69. The zero-order valence-corrected chi connectivity index (χ0v) is 13.6. The Balaban J connectivity index is 1.79. The van der Waals surface area contributed by atoms with Crippen LogP contribution < -0.4 is 11.1 Å². The van der Waals surface area contributed by atoms with Crippen LogP contribution in [-0.4, -0.2) is 15.0 Å². The number of benzene rings is 1. The third kappa shape index (κ3) is 2.52. The first-order valence-corrected chi connectivity index (χ1v) is 8.39. The first kappa shape index (κ1) is 14.8. The van der Waals surface area contributed by atoms with Crippen LogP contribution in [0.3, 0.4) is 0 Å². The molecular weight excluding hydrogens is 298 g/mol. The van der Waals surface area contributed by atoms with Crippen molar-refractivity contribution in [2.75, 3.05) is 11.1 Å². The molecule has 2 heterocycles. The molecule has 2 aromatic heterocycles. The van der Waals surface area contributed by atoms with Crippen molar-refractivity contribution >= 4 is 34.3 Å². The summed E-state index contributed by atoms with van der Waals surface area (Å²) >= 11 is 0. The number of aromatic nitrogens is 3. The van der Waals surface area contributed by atoms with E-state index in [1.165, 1.54) is 30.5 Å². The lowest BCUT2D eigenvalue weighted by Gasteiger charge is -2.10. The number of nitrogens with zero attached hydrogens (tertiary/aromatic N) is 2. The van der Waals surface area contributed by atoms with E-state index in [0.717, 1.165) is 46.6 Å². The third-order valence-electron chi connectivity index (χ3n) is 4.71. The lowest BCUT2D eigenvalue weighted by atomic mass is 10.1. The second kappa shape index (κ2) is 6.00. The Morgan fingerprint density at radius 2 is 2.04 bits per heavy atom. The second-order valence-corrected chi connectivity index (χ2v) is 6.26. The molecule has 1 aliphatic rings. The number of aryl methyl sites for hydroxylation is 2. The standard InChI is InChI=1S/C19H21N5/c1-2-12-10-13(8-9-15(12)20)23-18-17-14-6-4-3-5-7-16(14)24-19(17)22-11-21-18/h2,8-11H,1,3-7,20H2,(H2,21,22,23,24). The lowest BCUT2D eigenvalue weighted by molar-refractivity contribution is 0.708. The number of nitrogens with one attached hydrogen (secondary N) is 2. The predicted octanol–water partition coefficient (Wildman–Crippen LogP) is 4.20. The smallest absolute Gasteiger partial charge is 0.143 e. The maximum absolute atomic E-state index is 5.95. The first-order chi connectivity index (χ1) is 11.8. The monoisotopic (exact) mass is 319 g/mol. The fraction of sp³-hybridized carbons (Fsp3) is 0.263. The van der Waals surface area contributed by atoms with Gasteiger partial charge < -0.3 is 16.0 Å². The van der Waals surface area contributed by atoms with Gasteiger partial charge in [0, 0.05) is 17.1 Å². The van der Waals surface area contributed by atoms with Gasteiger partial charge in [-0.1, -0.05) is 19.1 Å². The van der Waals surface area contributed by atoms with E-state index in [1.807, 2.05) is 18.2 Å². The fourth-order valence-electron chi connectivity index (χ4n) is 3.47. The number of nitrogens with two attached hydrogens (primary N) is 1. The molecule has 5 nitrogen and oxygen atoms in total. The van der Waals surface area contributed by atoms with Crippen molar-refractivity contribution in [3.8, 4) is 0 Å². The summed E-state index contributed by atoms with van der Waals surface area (Å²) in [6.07, 6.45) is 9.27. The molecule has 0 atom stereocenters. The summed E-state index contributed by atoms with van der Waals surface area (Å²) in [4.78, 5) is 12.4. The van der Waals surface area contributed by atoms with Crippen LogP contribution in [0.15, 0.2) is 31.1 Å². The summed E-state index contributed by atoms with van der Waals surface area (Å²) in [7, 11) is 0. The number of nitrogen functional groups attached to an aromatic ring is 1. The molecule has 3 aromatic rings. The number of hydrogen-bond donors (Lipinski definition) is 3. The van der Waals surface area contributed by atoms with Gasteiger partial charge in [0.15, 0.2) is 0 Å². The zero-order chi connectivity index (χ0) is 16.5. The summed E-state index contributed by atoms with van der Waals surface area (Å²) in [5.41, 5.74) is 12.1. The fourth-order valence-corrected chi connectivity index (χ4v) is 3.47. The van der Waals surface area contributed by atoms with Gasteiger partial charge in [-0.2, -0.15) is 0 Å². The van der Waals surface area contributed by atoms with E-state index in [9.17, 15) is 0 Å². The molecule has 24 heavy (non-hydrogen) atoms. The van der Waals surface area contributed by atoms with Crippen molar-refractivity contribution in [3.63, 3.8) is 0 Å². The van der Waals surface area contributed by atoms with Crippen molar-refractivity contribution in [1.82, 2.24) is 15.0 Å². The lowest BCUT2D eigenvalue weighted by Crippen LogP contribution is -1.98. The summed E-state index contributed by atoms with van der Waals surface area (Å²) in [5.74, 6) is 0.846.